The van der Waals surface area contributed by atoms with Gasteiger partial charge in [-0.2, -0.15) is 0 Å². The van der Waals surface area contributed by atoms with Crippen molar-refractivity contribution in [3.05, 3.63) is 34.9 Å². The molecule has 1 saturated heterocycles. The lowest BCUT2D eigenvalue weighted by molar-refractivity contribution is 0.115. The van der Waals surface area contributed by atoms with E-state index in [1.54, 1.807) is 6.92 Å². The summed E-state index contributed by atoms with van der Waals surface area (Å²) in [6.45, 7) is 7.54. The molecule has 0 amide bonds. The molecule has 2 rings (SSSR count). The van der Waals surface area contributed by atoms with Crippen molar-refractivity contribution >= 4 is 0 Å². The second kappa shape index (κ2) is 5.78. The number of benzene rings is 1. The molecule has 1 unspecified atom stereocenters. The summed E-state index contributed by atoms with van der Waals surface area (Å²) >= 11 is 0. The van der Waals surface area contributed by atoms with Crippen molar-refractivity contribution in [2.24, 2.45) is 0 Å². The third kappa shape index (κ3) is 3.01. The first-order chi connectivity index (χ1) is 9.36. The molecule has 112 valence electrons. The molecule has 1 aromatic carbocycles. The van der Waals surface area contributed by atoms with Gasteiger partial charge in [-0.25, -0.2) is 8.78 Å². The molecule has 1 aliphatic rings. The van der Waals surface area contributed by atoms with Crippen molar-refractivity contribution in [2.45, 2.75) is 45.2 Å². The summed E-state index contributed by atoms with van der Waals surface area (Å²) in [4.78, 5) is 2.23. The van der Waals surface area contributed by atoms with E-state index in [9.17, 15) is 8.78 Å². The SMILES string of the molecule is CNC1(C)CCN(C(C)c2cc(F)c(C)cc2F)CC1. The van der Waals surface area contributed by atoms with E-state index in [-0.39, 0.29) is 23.2 Å². The van der Waals surface area contributed by atoms with Crippen LogP contribution >= 0.6 is 0 Å². The van der Waals surface area contributed by atoms with Crippen molar-refractivity contribution in [3.63, 3.8) is 0 Å². The first-order valence-electron chi connectivity index (χ1n) is 7.25. The van der Waals surface area contributed by atoms with Gasteiger partial charge in [-0.05, 0) is 58.4 Å². The van der Waals surface area contributed by atoms with Crippen LogP contribution in [0.5, 0.6) is 0 Å². The number of hydrogen-bond acceptors (Lipinski definition) is 2. The normalized spacial score (nSPS) is 20.9. The van der Waals surface area contributed by atoms with Crippen molar-refractivity contribution in [1.29, 1.82) is 0 Å². The fourth-order valence-corrected chi connectivity index (χ4v) is 2.83. The molecule has 1 aromatic rings. The zero-order valence-electron chi connectivity index (χ0n) is 12.8. The van der Waals surface area contributed by atoms with Gasteiger partial charge >= 0.3 is 0 Å². The lowest BCUT2D eigenvalue weighted by Gasteiger charge is -2.42. The summed E-state index contributed by atoms with van der Waals surface area (Å²) in [7, 11) is 1.98. The predicted octanol–water partition coefficient (Wildman–Crippen LogP) is 3.41. The number of hydrogen-bond donors (Lipinski definition) is 1. The molecule has 4 heteroatoms. The van der Waals surface area contributed by atoms with Gasteiger partial charge in [0.25, 0.3) is 0 Å². The lowest BCUT2D eigenvalue weighted by Crippen LogP contribution is -2.50. The van der Waals surface area contributed by atoms with Crippen molar-refractivity contribution in [1.82, 2.24) is 10.2 Å². The van der Waals surface area contributed by atoms with Crippen LogP contribution in [0.3, 0.4) is 0 Å². The Bertz CT molecular complexity index is 480. The van der Waals surface area contributed by atoms with Crippen LogP contribution in [0.15, 0.2) is 12.1 Å². The van der Waals surface area contributed by atoms with Crippen LogP contribution in [0.25, 0.3) is 0 Å². The van der Waals surface area contributed by atoms with E-state index >= 15 is 0 Å². The number of nitrogens with one attached hydrogen (secondary N) is 1. The van der Waals surface area contributed by atoms with Gasteiger partial charge in [-0.3, -0.25) is 4.90 Å². The fourth-order valence-electron chi connectivity index (χ4n) is 2.83. The average molecular weight is 282 g/mol. The molecule has 2 nitrogen and oxygen atoms in total. The third-order valence-corrected chi connectivity index (χ3v) is 4.78. The van der Waals surface area contributed by atoms with Gasteiger partial charge in [0.1, 0.15) is 11.6 Å². The number of rotatable bonds is 3. The molecule has 1 fully saturated rings. The average Bonchev–Trinajstić information content (AvgIpc) is 2.43. The van der Waals surface area contributed by atoms with Gasteiger partial charge in [0.15, 0.2) is 0 Å². The van der Waals surface area contributed by atoms with Crippen molar-refractivity contribution < 1.29 is 8.78 Å². The molecule has 0 aliphatic carbocycles. The molecular formula is C16H24F2N2. The number of piperidine rings is 1. The molecule has 0 radical (unpaired) electrons. The quantitative estimate of drug-likeness (QED) is 0.914. The monoisotopic (exact) mass is 282 g/mol. The number of nitrogens with zero attached hydrogens (tertiary/aromatic N) is 1. The highest BCUT2D eigenvalue weighted by molar-refractivity contribution is 5.27. The molecule has 1 heterocycles. The fraction of sp³-hybridized carbons (Fsp3) is 0.625. The Balaban J connectivity index is 2.13. The van der Waals surface area contributed by atoms with E-state index in [0.29, 0.717) is 11.1 Å². The van der Waals surface area contributed by atoms with Crippen molar-refractivity contribution in [3.8, 4) is 0 Å². The highest BCUT2D eigenvalue weighted by Crippen LogP contribution is 2.30. The molecule has 0 bridgehead atoms. The zero-order chi connectivity index (χ0) is 14.9. The largest absolute Gasteiger partial charge is 0.314 e. The first-order valence-corrected chi connectivity index (χ1v) is 7.25. The highest BCUT2D eigenvalue weighted by atomic mass is 19.1. The van der Waals surface area contributed by atoms with Crippen LogP contribution in [0.1, 0.15) is 43.9 Å². The van der Waals surface area contributed by atoms with E-state index in [4.69, 9.17) is 0 Å². The van der Waals surface area contributed by atoms with Crippen LogP contribution in [0, 0.1) is 18.6 Å². The molecule has 1 N–H and O–H groups in total. The van der Waals surface area contributed by atoms with Crippen LogP contribution in [-0.4, -0.2) is 30.6 Å². The van der Waals surface area contributed by atoms with E-state index in [0.717, 1.165) is 25.9 Å². The molecule has 0 saturated carbocycles. The maximum absolute atomic E-state index is 14.0. The molecule has 1 aliphatic heterocycles. The molecule has 1 atom stereocenters. The smallest absolute Gasteiger partial charge is 0.128 e. The second-order valence-corrected chi connectivity index (χ2v) is 6.15. The zero-order valence-corrected chi connectivity index (χ0v) is 12.8. The van der Waals surface area contributed by atoms with Crippen LogP contribution in [0.2, 0.25) is 0 Å². The highest BCUT2D eigenvalue weighted by Gasteiger charge is 2.31. The molecular weight excluding hydrogens is 258 g/mol. The van der Waals surface area contributed by atoms with Gasteiger partial charge in [0.2, 0.25) is 0 Å². The van der Waals surface area contributed by atoms with Gasteiger partial charge in [-0.15, -0.1) is 0 Å². The Morgan fingerprint density at radius 1 is 1.20 bits per heavy atom. The summed E-state index contributed by atoms with van der Waals surface area (Å²) in [6.07, 6.45) is 2.04. The Kier molecular flexibility index (Phi) is 4.45. The summed E-state index contributed by atoms with van der Waals surface area (Å²) in [5.74, 6) is -0.635. The minimum absolute atomic E-state index is 0.0912. The summed E-state index contributed by atoms with van der Waals surface area (Å²) in [5, 5.41) is 3.35. The maximum atomic E-state index is 14.0. The summed E-state index contributed by atoms with van der Waals surface area (Å²) < 4.78 is 27.7. The first kappa shape index (κ1) is 15.4. The minimum atomic E-state index is -0.328. The van der Waals surface area contributed by atoms with Crippen LogP contribution < -0.4 is 5.32 Å². The number of likely N-dealkylation sites (tertiary alicyclic amines) is 1. The van der Waals surface area contributed by atoms with Gasteiger partial charge in [0.05, 0.1) is 0 Å². The van der Waals surface area contributed by atoms with E-state index < -0.39 is 0 Å². The van der Waals surface area contributed by atoms with E-state index in [2.05, 4.69) is 17.1 Å². The van der Waals surface area contributed by atoms with E-state index in [1.807, 2.05) is 14.0 Å². The van der Waals surface area contributed by atoms with Crippen LogP contribution in [0.4, 0.5) is 8.78 Å². The Morgan fingerprint density at radius 3 is 2.35 bits per heavy atom. The standard InChI is InChI=1S/C16H24F2N2/c1-11-9-15(18)13(10-14(11)17)12(2)20-7-5-16(3,19-4)6-8-20/h9-10,12,19H,5-8H2,1-4H3. The maximum Gasteiger partial charge on any atom is 0.128 e. The molecule has 20 heavy (non-hydrogen) atoms. The van der Waals surface area contributed by atoms with Gasteiger partial charge in [-0.1, -0.05) is 0 Å². The topological polar surface area (TPSA) is 15.3 Å². The number of aryl methyl sites for hydroxylation is 1. The predicted molar refractivity (Wildman–Crippen MR) is 77.8 cm³/mol. The lowest BCUT2D eigenvalue weighted by atomic mass is 9.88. The summed E-state index contributed by atoms with van der Waals surface area (Å²) in [6, 6.07) is 2.55. The third-order valence-electron chi connectivity index (χ3n) is 4.78. The minimum Gasteiger partial charge on any atom is -0.314 e. The summed E-state index contributed by atoms with van der Waals surface area (Å²) in [5.41, 5.74) is 0.980. The van der Waals surface area contributed by atoms with Crippen molar-refractivity contribution in [2.75, 3.05) is 20.1 Å². The Morgan fingerprint density at radius 2 is 1.80 bits per heavy atom. The van der Waals surface area contributed by atoms with E-state index in [1.165, 1.54) is 12.1 Å². The van der Waals surface area contributed by atoms with Gasteiger partial charge < -0.3 is 5.32 Å². The second-order valence-electron chi connectivity index (χ2n) is 6.15. The molecule has 0 spiro atoms. The Labute approximate surface area is 120 Å². The van der Waals surface area contributed by atoms with Crippen LogP contribution in [-0.2, 0) is 0 Å². The molecule has 0 aromatic heterocycles. The van der Waals surface area contributed by atoms with Gasteiger partial charge in [0, 0.05) is 30.2 Å². The number of halogens is 2. The Hall–Kier alpha value is -1.00.